The minimum atomic E-state index is 0.0601. The number of ether oxygens (including phenoxy) is 1. The maximum Gasteiger partial charge on any atom is 0.212 e. The summed E-state index contributed by atoms with van der Waals surface area (Å²) in [5, 5.41) is 9.03. The van der Waals surface area contributed by atoms with Crippen molar-refractivity contribution in [3.05, 3.63) is 18.2 Å². The fourth-order valence-electron chi connectivity index (χ4n) is 2.80. The Morgan fingerprint density at radius 3 is 3.35 bits per heavy atom. The second-order valence-electron chi connectivity index (χ2n) is 4.75. The SMILES string of the molecule is N#Cc1nccn1C1CCOC2(CCSC2)C1. The maximum atomic E-state index is 9.03. The molecule has 5 heteroatoms. The summed E-state index contributed by atoms with van der Waals surface area (Å²) in [4.78, 5) is 4.08. The van der Waals surface area contributed by atoms with Gasteiger partial charge in [-0.05, 0) is 25.0 Å². The van der Waals surface area contributed by atoms with E-state index in [1.807, 2.05) is 22.5 Å². The Morgan fingerprint density at radius 1 is 1.65 bits per heavy atom. The van der Waals surface area contributed by atoms with Gasteiger partial charge in [0.2, 0.25) is 5.82 Å². The minimum absolute atomic E-state index is 0.0601. The highest BCUT2D eigenvalue weighted by atomic mass is 32.2. The standard InChI is InChI=1S/C12H15N3OS/c13-8-11-14-3-4-15(11)10-1-5-16-12(7-10)2-6-17-9-12/h3-4,10H,1-2,5-7,9H2. The summed E-state index contributed by atoms with van der Waals surface area (Å²) in [6, 6.07) is 2.53. The number of nitriles is 1. The van der Waals surface area contributed by atoms with Crippen molar-refractivity contribution in [1.29, 1.82) is 5.26 Å². The number of imidazole rings is 1. The van der Waals surface area contributed by atoms with E-state index in [0.717, 1.165) is 31.6 Å². The molecule has 2 saturated heterocycles. The molecule has 2 atom stereocenters. The molecule has 0 saturated carbocycles. The Bertz CT molecular complexity index is 445. The number of hydrogen-bond acceptors (Lipinski definition) is 4. The van der Waals surface area contributed by atoms with Gasteiger partial charge in [-0.3, -0.25) is 0 Å². The van der Waals surface area contributed by atoms with Crippen molar-refractivity contribution in [2.75, 3.05) is 18.1 Å². The Hall–Kier alpha value is -0.990. The lowest BCUT2D eigenvalue weighted by Crippen LogP contribution is -2.40. The number of thioether (sulfide) groups is 1. The highest BCUT2D eigenvalue weighted by Crippen LogP contribution is 2.42. The molecule has 0 bridgehead atoms. The molecular formula is C12H15N3OS. The first-order valence-electron chi connectivity index (χ1n) is 5.98. The van der Waals surface area contributed by atoms with Crippen LogP contribution in [0.25, 0.3) is 0 Å². The number of aromatic nitrogens is 2. The second-order valence-corrected chi connectivity index (χ2v) is 5.86. The third-order valence-corrected chi connectivity index (χ3v) is 4.92. The monoisotopic (exact) mass is 249 g/mol. The van der Waals surface area contributed by atoms with Gasteiger partial charge >= 0.3 is 0 Å². The molecule has 3 rings (SSSR count). The summed E-state index contributed by atoms with van der Waals surface area (Å²) in [5.74, 6) is 2.82. The fraction of sp³-hybridized carbons (Fsp3) is 0.667. The van der Waals surface area contributed by atoms with Crippen molar-refractivity contribution in [2.45, 2.75) is 30.9 Å². The molecule has 2 aliphatic rings. The zero-order chi connectivity index (χ0) is 11.7. The molecule has 0 aliphatic carbocycles. The van der Waals surface area contributed by atoms with Crippen LogP contribution < -0.4 is 0 Å². The lowest BCUT2D eigenvalue weighted by atomic mass is 9.89. The largest absolute Gasteiger partial charge is 0.374 e. The van der Waals surface area contributed by atoms with Gasteiger partial charge in [-0.25, -0.2) is 4.98 Å². The fourth-order valence-corrected chi connectivity index (χ4v) is 4.18. The molecule has 17 heavy (non-hydrogen) atoms. The van der Waals surface area contributed by atoms with Crippen LogP contribution in [0, 0.1) is 11.3 Å². The summed E-state index contributed by atoms with van der Waals surface area (Å²) < 4.78 is 8.01. The first-order valence-corrected chi connectivity index (χ1v) is 7.13. The average Bonchev–Trinajstić information content (AvgIpc) is 2.98. The van der Waals surface area contributed by atoms with Crippen molar-refractivity contribution in [3.8, 4) is 6.07 Å². The molecule has 3 heterocycles. The Morgan fingerprint density at radius 2 is 2.59 bits per heavy atom. The van der Waals surface area contributed by atoms with E-state index in [4.69, 9.17) is 10.00 Å². The van der Waals surface area contributed by atoms with E-state index in [1.165, 1.54) is 5.75 Å². The summed E-state index contributed by atoms with van der Waals surface area (Å²) in [6.45, 7) is 0.800. The van der Waals surface area contributed by atoms with Gasteiger partial charge in [-0.2, -0.15) is 17.0 Å². The highest BCUT2D eigenvalue weighted by molar-refractivity contribution is 7.99. The van der Waals surface area contributed by atoms with Crippen LogP contribution in [-0.4, -0.2) is 33.3 Å². The summed E-state index contributed by atoms with van der Waals surface area (Å²) in [7, 11) is 0. The first-order chi connectivity index (χ1) is 8.33. The Balaban J connectivity index is 1.82. The van der Waals surface area contributed by atoms with Crippen LogP contribution in [0.1, 0.15) is 31.1 Å². The molecule has 2 fully saturated rings. The van der Waals surface area contributed by atoms with Crippen molar-refractivity contribution < 1.29 is 4.74 Å². The van der Waals surface area contributed by atoms with Crippen molar-refractivity contribution in [1.82, 2.24) is 9.55 Å². The lowest BCUT2D eigenvalue weighted by Gasteiger charge is -2.38. The molecule has 1 aromatic rings. The van der Waals surface area contributed by atoms with Crippen LogP contribution in [0.4, 0.5) is 0 Å². The molecule has 4 nitrogen and oxygen atoms in total. The summed E-state index contributed by atoms with van der Waals surface area (Å²) in [5.41, 5.74) is 0.0601. The van der Waals surface area contributed by atoms with Crippen LogP contribution in [0.15, 0.2) is 12.4 Å². The van der Waals surface area contributed by atoms with Gasteiger partial charge in [0.1, 0.15) is 6.07 Å². The van der Waals surface area contributed by atoms with Crippen molar-refractivity contribution in [3.63, 3.8) is 0 Å². The quantitative estimate of drug-likeness (QED) is 0.763. The zero-order valence-electron chi connectivity index (χ0n) is 9.63. The maximum absolute atomic E-state index is 9.03. The molecule has 0 amide bonds. The zero-order valence-corrected chi connectivity index (χ0v) is 10.4. The predicted octanol–water partition coefficient (Wildman–Crippen LogP) is 1.98. The van der Waals surface area contributed by atoms with Gasteiger partial charge in [-0.15, -0.1) is 0 Å². The smallest absolute Gasteiger partial charge is 0.212 e. The topological polar surface area (TPSA) is 50.8 Å². The normalized spacial score (nSPS) is 32.8. The third kappa shape index (κ3) is 1.96. The van der Waals surface area contributed by atoms with Crippen LogP contribution in [-0.2, 0) is 4.74 Å². The van der Waals surface area contributed by atoms with E-state index in [1.54, 1.807) is 6.20 Å². The highest BCUT2D eigenvalue weighted by Gasteiger charge is 2.41. The molecule has 0 radical (unpaired) electrons. The molecule has 1 spiro atoms. The van der Waals surface area contributed by atoms with Crippen LogP contribution in [0.3, 0.4) is 0 Å². The van der Waals surface area contributed by atoms with Crippen LogP contribution in [0.5, 0.6) is 0 Å². The number of nitrogens with zero attached hydrogens (tertiary/aromatic N) is 3. The van der Waals surface area contributed by atoms with Gasteiger partial charge in [0.15, 0.2) is 0 Å². The molecule has 2 aliphatic heterocycles. The molecule has 2 unspecified atom stereocenters. The minimum Gasteiger partial charge on any atom is -0.374 e. The Kier molecular flexibility index (Phi) is 2.85. The van der Waals surface area contributed by atoms with Crippen LogP contribution in [0.2, 0.25) is 0 Å². The van der Waals surface area contributed by atoms with Gasteiger partial charge in [0.05, 0.1) is 5.60 Å². The first kappa shape index (κ1) is 11.1. The van der Waals surface area contributed by atoms with E-state index in [-0.39, 0.29) is 5.60 Å². The van der Waals surface area contributed by atoms with Gasteiger partial charge < -0.3 is 9.30 Å². The van der Waals surface area contributed by atoms with E-state index in [9.17, 15) is 0 Å². The molecular weight excluding hydrogens is 234 g/mol. The second kappa shape index (κ2) is 4.35. The summed E-state index contributed by atoms with van der Waals surface area (Å²) in [6.07, 6.45) is 6.78. The molecule has 90 valence electrons. The number of hydrogen-bond donors (Lipinski definition) is 0. The summed E-state index contributed by atoms with van der Waals surface area (Å²) >= 11 is 1.97. The number of rotatable bonds is 1. The van der Waals surface area contributed by atoms with Crippen LogP contribution >= 0.6 is 11.8 Å². The molecule has 1 aromatic heterocycles. The van der Waals surface area contributed by atoms with Crippen molar-refractivity contribution in [2.24, 2.45) is 0 Å². The average molecular weight is 249 g/mol. The van der Waals surface area contributed by atoms with E-state index in [2.05, 4.69) is 11.1 Å². The predicted molar refractivity (Wildman–Crippen MR) is 65.8 cm³/mol. The van der Waals surface area contributed by atoms with E-state index >= 15 is 0 Å². The van der Waals surface area contributed by atoms with Gasteiger partial charge in [0, 0.05) is 30.8 Å². The van der Waals surface area contributed by atoms with Crippen molar-refractivity contribution >= 4 is 11.8 Å². The molecule has 0 N–H and O–H groups in total. The lowest BCUT2D eigenvalue weighted by molar-refractivity contribution is -0.0763. The van der Waals surface area contributed by atoms with Gasteiger partial charge in [-0.1, -0.05) is 0 Å². The van der Waals surface area contributed by atoms with E-state index < -0.39 is 0 Å². The molecule has 0 aromatic carbocycles. The van der Waals surface area contributed by atoms with Gasteiger partial charge in [0.25, 0.3) is 0 Å². The Labute approximate surface area is 105 Å². The van der Waals surface area contributed by atoms with E-state index in [0.29, 0.717) is 11.9 Å². The third-order valence-electron chi connectivity index (χ3n) is 3.70.